The van der Waals surface area contributed by atoms with Gasteiger partial charge in [0.25, 0.3) is 5.91 Å². The largest absolute Gasteiger partial charge is 0.490 e. The molecule has 0 fully saturated rings. The quantitative estimate of drug-likeness (QED) is 0.675. The summed E-state index contributed by atoms with van der Waals surface area (Å²) in [6.07, 6.45) is 6.48. The average Bonchev–Trinajstić information content (AvgIpc) is 2.71. The molecule has 1 aliphatic carbocycles. The van der Waals surface area contributed by atoms with Crippen LogP contribution in [0.25, 0.3) is 0 Å². The van der Waals surface area contributed by atoms with E-state index in [0.717, 1.165) is 30.0 Å². The maximum atomic E-state index is 12.6. The Labute approximate surface area is 161 Å². The van der Waals surface area contributed by atoms with Gasteiger partial charge in [0.2, 0.25) is 0 Å². The number of ether oxygens (including phenoxy) is 2. The highest BCUT2D eigenvalue weighted by Gasteiger charge is 2.19. The minimum absolute atomic E-state index is 0.144. The van der Waals surface area contributed by atoms with Crippen LogP contribution >= 0.6 is 0 Å². The van der Waals surface area contributed by atoms with E-state index in [1.807, 2.05) is 37.3 Å². The first-order chi connectivity index (χ1) is 13.2. The number of aryl methyl sites for hydroxylation is 2. The number of benzene rings is 2. The molecule has 0 aromatic heterocycles. The van der Waals surface area contributed by atoms with Gasteiger partial charge in [0.15, 0.2) is 6.10 Å². The molecule has 0 saturated carbocycles. The predicted molar refractivity (Wildman–Crippen MR) is 109 cm³/mol. The molecule has 1 amide bonds. The van der Waals surface area contributed by atoms with Crippen LogP contribution in [-0.2, 0) is 17.6 Å². The summed E-state index contributed by atoms with van der Waals surface area (Å²) in [5.74, 6) is 1.37. The molecular weight excluding hydrogens is 338 g/mol. The Balaban J connectivity index is 1.61. The van der Waals surface area contributed by atoms with Gasteiger partial charge in [-0.2, -0.15) is 0 Å². The van der Waals surface area contributed by atoms with Crippen molar-refractivity contribution in [2.75, 3.05) is 11.9 Å². The van der Waals surface area contributed by atoms with Crippen molar-refractivity contribution in [2.45, 2.75) is 45.1 Å². The number of amides is 1. The van der Waals surface area contributed by atoms with Crippen molar-refractivity contribution in [1.82, 2.24) is 0 Å². The number of carbonyl (C=O) groups excluding carboxylic acids is 1. The van der Waals surface area contributed by atoms with Gasteiger partial charge < -0.3 is 14.8 Å². The molecule has 142 valence electrons. The van der Waals surface area contributed by atoms with E-state index in [0.29, 0.717) is 13.0 Å². The van der Waals surface area contributed by atoms with Crippen LogP contribution in [0.2, 0.25) is 0 Å². The van der Waals surface area contributed by atoms with Gasteiger partial charge in [-0.1, -0.05) is 25.6 Å². The van der Waals surface area contributed by atoms with E-state index >= 15 is 0 Å². The van der Waals surface area contributed by atoms with Crippen molar-refractivity contribution in [3.05, 3.63) is 66.2 Å². The maximum absolute atomic E-state index is 12.6. The minimum Gasteiger partial charge on any atom is -0.490 e. The number of anilines is 1. The summed E-state index contributed by atoms with van der Waals surface area (Å²) in [4.78, 5) is 12.6. The van der Waals surface area contributed by atoms with Crippen LogP contribution in [0, 0.1) is 0 Å². The van der Waals surface area contributed by atoms with Crippen molar-refractivity contribution < 1.29 is 14.3 Å². The van der Waals surface area contributed by atoms with Crippen molar-refractivity contribution in [2.24, 2.45) is 0 Å². The van der Waals surface area contributed by atoms with Crippen molar-refractivity contribution in [3.8, 4) is 11.5 Å². The molecule has 0 aliphatic heterocycles. The third kappa shape index (κ3) is 5.13. The number of nitrogens with one attached hydrogen (secondary N) is 1. The Morgan fingerprint density at radius 1 is 1.11 bits per heavy atom. The van der Waals surface area contributed by atoms with Gasteiger partial charge in [0, 0.05) is 5.69 Å². The molecule has 3 rings (SSSR count). The van der Waals surface area contributed by atoms with Crippen molar-refractivity contribution in [3.63, 3.8) is 0 Å². The predicted octanol–water partition coefficient (Wildman–Crippen LogP) is 4.93. The standard InChI is InChI=1S/C23H27NO3/c1-3-15-26-20-13-10-19(11-14-20)24-23(25)22(4-2)27-21-12-9-17-7-5-6-8-18(17)16-21/h3,9-14,16,22H,1,4-8,15H2,2H3,(H,24,25). The molecule has 0 bridgehead atoms. The second-order valence-corrected chi connectivity index (χ2v) is 6.77. The lowest BCUT2D eigenvalue weighted by atomic mass is 9.92. The van der Waals surface area contributed by atoms with E-state index in [1.165, 1.54) is 24.0 Å². The molecule has 0 radical (unpaired) electrons. The first-order valence-electron chi connectivity index (χ1n) is 9.62. The summed E-state index contributed by atoms with van der Waals surface area (Å²) in [5, 5.41) is 2.92. The Morgan fingerprint density at radius 2 is 1.81 bits per heavy atom. The second-order valence-electron chi connectivity index (χ2n) is 6.77. The van der Waals surface area contributed by atoms with Crippen LogP contribution in [0.15, 0.2) is 55.1 Å². The highest BCUT2D eigenvalue weighted by atomic mass is 16.5. The van der Waals surface area contributed by atoms with E-state index in [4.69, 9.17) is 9.47 Å². The summed E-state index contributed by atoms with van der Waals surface area (Å²) in [5.41, 5.74) is 3.48. The third-order valence-electron chi connectivity index (χ3n) is 4.75. The van der Waals surface area contributed by atoms with Crippen LogP contribution in [-0.4, -0.2) is 18.6 Å². The van der Waals surface area contributed by atoms with Gasteiger partial charge in [-0.05, 0) is 79.6 Å². The van der Waals surface area contributed by atoms with Crippen LogP contribution in [0.4, 0.5) is 5.69 Å². The summed E-state index contributed by atoms with van der Waals surface area (Å²) in [6, 6.07) is 13.5. The first kappa shape index (κ1) is 19.0. The molecule has 2 aromatic carbocycles. The van der Waals surface area contributed by atoms with E-state index in [9.17, 15) is 4.79 Å². The van der Waals surface area contributed by atoms with Crippen LogP contribution in [0.1, 0.15) is 37.3 Å². The van der Waals surface area contributed by atoms with Gasteiger partial charge in [-0.25, -0.2) is 0 Å². The molecule has 4 nitrogen and oxygen atoms in total. The number of hydrogen-bond acceptors (Lipinski definition) is 3. The van der Waals surface area contributed by atoms with Gasteiger partial charge >= 0.3 is 0 Å². The van der Waals surface area contributed by atoms with Crippen LogP contribution in [0.3, 0.4) is 0 Å². The summed E-state index contributed by atoms with van der Waals surface area (Å²) in [6.45, 7) is 6.03. The van der Waals surface area contributed by atoms with Gasteiger partial charge in [-0.3, -0.25) is 4.79 Å². The Hall–Kier alpha value is -2.75. The third-order valence-corrected chi connectivity index (χ3v) is 4.75. The molecule has 0 spiro atoms. The summed E-state index contributed by atoms with van der Waals surface area (Å²) < 4.78 is 11.4. The molecule has 27 heavy (non-hydrogen) atoms. The molecule has 1 unspecified atom stereocenters. The molecule has 1 atom stereocenters. The zero-order chi connectivity index (χ0) is 19.1. The lowest BCUT2D eigenvalue weighted by Gasteiger charge is -2.20. The molecule has 0 heterocycles. The fourth-order valence-electron chi connectivity index (χ4n) is 3.28. The monoisotopic (exact) mass is 365 g/mol. The molecule has 4 heteroatoms. The van der Waals surface area contributed by atoms with Gasteiger partial charge in [0.05, 0.1) is 0 Å². The average molecular weight is 365 g/mol. The molecule has 0 saturated heterocycles. The van der Waals surface area contributed by atoms with E-state index in [-0.39, 0.29) is 5.91 Å². The highest BCUT2D eigenvalue weighted by molar-refractivity contribution is 5.94. The fraction of sp³-hybridized carbons (Fsp3) is 0.348. The van der Waals surface area contributed by atoms with Gasteiger partial charge in [0.1, 0.15) is 18.1 Å². The van der Waals surface area contributed by atoms with Gasteiger partial charge in [-0.15, -0.1) is 0 Å². The zero-order valence-electron chi connectivity index (χ0n) is 15.9. The highest BCUT2D eigenvalue weighted by Crippen LogP contribution is 2.26. The lowest BCUT2D eigenvalue weighted by Crippen LogP contribution is -2.32. The first-order valence-corrected chi connectivity index (χ1v) is 9.62. The van der Waals surface area contributed by atoms with E-state index < -0.39 is 6.10 Å². The number of hydrogen-bond donors (Lipinski definition) is 1. The summed E-state index contributed by atoms with van der Waals surface area (Å²) >= 11 is 0. The molecular formula is C23H27NO3. The number of rotatable bonds is 8. The topological polar surface area (TPSA) is 47.6 Å². The number of carbonyl (C=O) groups is 1. The SMILES string of the molecule is C=CCOc1ccc(NC(=O)C(CC)Oc2ccc3c(c2)CCCC3)cc1. The van der Waals surface area contributed by atoms with Crippen LogP contribution < -0.4 is 14.8 Å². The van der Waals surface area contributed by atoms with Crippen molar-refractivity contribution >= 4 is 11.6 Å². The van der Waals surface area contributed by atoms with E-state index in [1.54, 1.807) is 6.08 Å². The minimum atomic E-state index is -0.525. The molecule has 2 aromatic rings. The van der Waals surface area contributed by atoms with E-state index in [2.05, 4.69) is 24.0 Å². The number of fused-ring (bicyclic) bond motifs is 1. The Morgan fingerprint density at radius 3 is 2.52 bits per heavy atom. The lowest BCUT2D eigenvalue weighted by molar-refractivity contribution is -0.122. The molecule has 1 aliphatic rings. The maximum Gasteiger partial charge on any atom is 0.265 e. The Bertz CT molecular complexity index is 783. The van der Waals surface area contributed by atoms with Crippen LogP contribution in [0.5, 0.6) is 11.5 Å². The zero-order valence-corrected chi connectivity index (χ0v) is 15.9. The van der Waals surface area contributed by atoms with Crippen molar-refractivity contribution in [1.29, 1.82) is 0 Å². The Kier molecular flexibility index (Phi) is 6.53. The smallest absolute Gasteiger partial charge is 0.265 e. The summed E-state index contributed by atoms with van der Waals surface area (Å²) in [7, 11) is 0. The molecule has 1 N–H and O–H groups in total. The normalized spacial score (nSPS) is 14.0. The second kappa shape index (κ2) is 9.26. The fourth-order valence-corrected chi connectivity index (χ4v) is 3.28.